The van der Waals surface area contributed by atoms with Gasteiger partial charge in [0.25, 0.3) is 0 Å². The molecule has 0 fully saturated rings. The fraction of sp³-hybridized carbons (Fsp3) is 0.185. The van der Waals surface area contributed by atoms with Crippen molar-refractivity contribution in [2.24, 2.45) is 0 Å². The molecule has 82 heavy (non-hydrogen) atoms. The largest absolute Gasteiger partial charge is 0.310 e. The van der Waals surface area contributed by atoms with E-state index in [-0.39, 0.29) is 21.7 Å². The van der Waals surface area contributed by atoms with E-state index in [4.69, 9.17) is 0 Å². The zero-order valence-electron chi connectivity index (χ0n) is 48.5. The van der Waals surface area contributed by atoms with Gasteiger partial charge in [-0.3, -0.25) is 0 Å². The summed E-state index contributed by atoms with van der Waals surface area (Å²) in [5, 5.41) is 0. The third-order valence-electron chi connectivity index (χ3n) is 19.5. The van der Waals surface area contributed by atoms with Crippen molar-refractivity contribution >= 4 is 17.1 Å². The highest BCUT2D eigenvalue weighted by Gasteiger charge is 2.50. The summed E-state index contributed by atoms with van der Waals surface area (Å²) >= 11 is 0. The van der Waals surface area contributed by atoms with Crippen molar-refractivity contribution in [3.63, 3.8) is 0 Å². The standard InChI is InChI=1S/C81H69N/c1-77(2,3)54-23-19-25-56(48-54)81(57-26-20-24-55(49-57)78(4,5)6)73-37-18-14-30-64(73)67-45-43-60(51-75(67)81)82(59-42-44-66-63-29-13-17-36-72(63)80(74(66)50-59)47-46-53-22-9-15-34-70(53)80)58-40-38-52(39-41-58)61-27-10-11-28-62(61)68-32-21-33-69-65-31-12-16-35-71(65)79(7,8)76(68)69/h9-45,48-51H,46-47H2,1-8H3. The predicted molar refractivity (Wildman–Crippen MR) is 344 cm³/mol. The maximum atomic E-state index is 2.56. The van der Waals surface area contributed by atoms with Gasteiger partial charge in [-0.2, -0.15) is 0 Å². The van der Waals surface area contributed by atoms with Crippen LogP contribution in [-0.4, -0.2) is 0 Å². The predicted octanol–water partition coefficient (Wildman–Crippen LogP) is 21.0. The Balaban J connectivity index is 0.955. The van der Waals surface area contributed by atoms with E-state index in [0.717, 1.165) is 29.9 Å². The van der Waals surface area contributed by atoms with Crippen LogP contribution >= 0.6 is 0 Å². The van der Waals surface area contributed by atoms with E-state index < -0.39 is 5.41 Å². The van der Waals surface area contributed by atoms with Crippen LogP contribution in [0.1, 0.15) is 129 Å². The monoisotopic (exact) mass is 1060 g/mol. The Labute approximate surface area is 485 Å². The number of nitrogens with zero attached hydrogens (tertiary/aromatic N) is 1. The zero-order chi connectivity index (χ0) is 55.9. The van der Waals surface area contributed by atoms with Crippen LogP contribution in [0, 0.1) is 0 Å². The fourth-order valence-electron chi connectivity index (χ4n) is 15.6. The molecule has 0 amide bonds. The summed E-state index contributed by atoms with van der Waals surface area (Å²) in [6, 6.07) is 95.9. The molecule has 398 valence electrons. The van der Waals surface area contributed by atoms with Crippen molar-refractivity contribution in [1.82, 2.24) is 0 Å². The maximum Gasteiger partial charge on any atom is 0.0714 e. The number of aryl methyl sites for hydroxylation is 1. The minimum absolute atomic E-state index is 0.0509. The van der Waals surface area contributed by atoms with Crippen molar-refractivity contribution in [2.45, 2.75) is 95.3 Å². The van der Waals surface area contributed by atoms with Gasteiger partial charge in [-0.25, -0.2) is 0 Å². The molecule has 0 aromatic heterocycles. The smallest absolute Gasteiger partial charge is 0.0714 e. The Bertz CT molecular complexity index is 4340. The van der Waals surface area contributed by atoms with Crippen molar-refractivity contribution in [3.05, 3.63) is 315 Å². The molecule has 11 aromatic carbocycles. The van der Waals surface area contributed by atoms with Crippen LogP contribution in [0.15, 0.2) is 249 Å². The van der Waals surface area contributed by atoms with E-state index >= 15 is 0 Å². The molecule has 1 unspecified atom stereocenters. The lowest BCUT2D eigenvalue weighted by atomic mass is 9.66. The first kappa shape index (κ1) is 50.2. The molecule has 1 nitrogen and oxygen atoms in total. The lowest BCUT2D eigenvalue weighted by Crippen LogP contribution is -2.30. The summed E-state index contributed by atoms with van der Waals surface area (Å²) in [5.41, 5.74) is 31.6. The van der Waals surface area contributed by atoms with Gasteiger partial charge in [0.2, 0.25) is 0 Å². The average molecular weight is 1060 g/mol. The first-order valence-electron chi connectivity index (χ1n) is 29.7. The number of anilines is 3. The second-order valence-electron chi connectivity index (χ2n) is 26.4. The van der Waals surface area contributed by atoms with Crippen LogP contribution in [0.3, 0.4) is 0 Å². The summed E-state index contributed by atoms with van der Waals surface area (Å²) in [4.78, 5) is 2.56. The molecular formula is C81H69N. The minimum atomic E-state index is -0.617. The molecule has 0 aliphatic heterocycles. The van der Waals surface area contributed by atoms with Gasteiger partial charge in [0.05, 0.1) is 5.41 Å². The van der Waals surface area contributed by atoms with Gasteiger partial charge in [0, 0.05) is 27.9 Å². The quantitative estimate of drug-likeness (QED) is 0.154. The summed E-state index contributed by atoms with van der Waals surface area (Å²) in [7, 11) is 0. The fourth-order valence-corrected chi connectivity index (χ4v) is 15.6. The highest BCUT2D eigenvalue weighted by Crippen LogP contribution is 2.61. The molecule has 15 rings (SSSR count). The third-order valence-corrected chi connectivity index (χ3v) is 19.5. The summed E-state index contributed by atoms with van der Waals surface area (Å²) in [5.74, 6) is 0. The Morgan fingerprint density at radius 1 is 0.329 bits per heavy atom. The highest BCUT2D eigenvalue weighted by molar-refractivity contribution is 5.95. The molecule has 0 saturated carbocycles. The molecule has 1 spiro atoms. The van der Waals surface area contributed by atoms with Crippen LogP contribution in [0.5, 0.6) is 0 Å². The Hall–Kier alpha value is -8.78. The molecule has 0 radical (unpaired) electrons. The van der Waals surface area contributed by atoms with E-state index in [1.54, 1.807) is 0 Å². The molecule has 4 aliphatic carbocycles. The maximum absolute atomic E-state index is 2.56. The zero-order valence-corrected chi connectivity index (χ0v) is 48.5. The number of rotatable bonds is 7. The Kier molecular flexibility index (Phi) is 11.1. The first-order valence-corrected chi connectivity index (χ1v) is 29.7. The lowest BCUT2D eigenvalue weighted by Gasteiger charge is -2.37. The number of fused-ring (bicyclic) bond motifs is 13. The van der Waals surface area contributed by atoms with Gasteiger partial charge in [0.15, 0.2) is 0 Å². The molecule has 0 heterocycles. The van der Waals surface area contributed by atoms with Crippen LogP contribution in [-0.2, 0) is 33.5 Å². The van der Waals surface area contributed by atoms with Gasteiger partial charge in [0.1, 0.15) is 0 Å². The minimum Gasteiger partial charge on any atom is -0.310 e. The van der Waals surface area contributed by atoms with Crippen molar-refractivity contribution < 1.29 is 0 Å². The molecule has 11 aromatic rings. The van der Waals surface area contributed by atoms with E-state index in [0.29, 0.717) is 0 Å². The highest BCUT2D eigenvalue weighted by atomic mass is 15.1. The third kappa shape index (κ3) is 7.24. The number of benzene rings is 11. The van der Waals surface area contributed by atoms with E-state index in [1.165, 1.54) is 122 Å². The molecule has 0 bridgehead atoms. The topological polar surface area (TPSA) is 3.24 Å². The van der Waals surface area contributed by atoms with Gasteiger partial charge in [-0.05, 0) is 182 Å². The van der Waals surface area contributed by atoms with Gasteiger partial charge in [-0.1, -0.05) is 268 Å². The van der Waals surface area contributed by atoms with E-state index in [9.17, 15) is 0 Å². The Morgan fingerprint density at radius 2 is 0.768 bits per heavy atom. The van der Waals surface area contributed by atoms with E-state index in [2.05, 4.69) is 309 Å². The summed E-state index contributed by atoms with van der Waals surface area (Å²) < 4.78 is 0. The lowest BCUT2D eigenvalue weighted by molar-refractivity contribution is 0.585. The summed E-state index contributed by atoms with van der Waals surface area (Å²) in [6.45, 7) is 18.8. The van der Waals surface area contributed by atoms with Crippen LogP contribution in [0.2, 0.25) is 0 Å². The number of hydrogen-bond acceptors (Lipinski definition) is 1. The van der Waals surface area contributed by atoms with Crippen molar-refractivity contribution in [2.75, 3.05) is 4.90 Å². The Morgan fingerprint density at radius 3 is 1.39 bits per heavy atom. The molecule has 4 aliphatic rings. The van der Waals surface area contributed by atoms with Crippen LogP contribution < -0.4 is 4.90 Å². The number of hydrogen-bond donors (Lipinski definition) is 0. The van der Waals surface area contributed by atoms with Gasteiger partial charge >= 0.3 is 0 Å². The second kappa shape index (κ2) is 18.1. The molecular weight excluding hydrogens is 987 g/mol. The normalized spacial score (nSPS) is 16.4. The first-order chi connectivity index (χ1) is 39.7. The van der Waals surface area contributed by atoms with E-state index in [1.807, 2.05) is 0 Å². The van der Waals surface area contributed by atoms with Gasteiger partial charge < -0.3 is 4.90 Å². The van der Waals surface area contributed by atoms with Crippen LogP contribution in [0.25, 0.3) is 55.6 Å². The SMILES string of the molecule is CC(C)(C)c1cccc(C2(c3cccc(C(C)(C)C)c3)c3ccccc3-c3ccc(N(c4ccc(-c5ccccc5-c5cccc6c5C(C)(C)c5ccccc5-6)cc4)c4ccc5c(c4)C4(CCc6ccccc64)c4ccccc4-5)cc32)c1. The molecule has 0 saturated heterocycles. The summed E-state index contributed by atoms with van der Waals surface area (Å²) in [6.07, 6.45) is 2.10. The van der Waals surface area contributed by atoms with Crippen molar-refractivity contribution in [1.29, 1.82) is 0 Å². The van der Waals surface area contributed by atoms with Crippen molar-refractivity contribution in [3.8, 4) is 55.6 Å². The second-order valence-corrected chi connectivity index (χ2v) is 26.4. The van der Waals surface area contributed by atoms with Gasteiger partial charge in [-0.15, -0.1) is 0 Å². The molecule has 1 heteroatoms. The molecule has 1 atom stereocenters. The average Bonchev–Trinajstić information content (AvgIpc) is 1.95. The van der Waals surface area contributed by atoms with Crippen LogP contribution in [0.4, 0.5) is 17.1 Å². The molecule has 0 N–H and O–H groups in total.